The summed E-state index contributed by atoms with van der Waals surface area (Å²) in [6.45, 7) is 2.51. The molecule has 6 nitrogen and oxygen atoms in total. The van der Waals surface area contributed by atoms with Crippen LogP contribution in [-0.4, -0.2) is 29.8 Å². The van der Waals surface area contributed by atoms with Gasteiger partial charge < -0.3 is 9.55 Å². The molecule has 0 aliphatic carbocycles. The molecule has 1 N–H and O–H groups in total. The molecule has 0 bridgehead atoms. The van der Waals surface area contributed by atoms with Crippen molar-refractivity contribution >= 4 is 12.2 Å². The van der Waals surface area contributed by atoms with Crippen molar-refractivity contribution in [2.45, 2.75) is 13.5 Å². The van der Waals surface area contributed by atoms with Crippen LogP contribution >= 0.6 is 12.2 Å². The summed E-state index contributed by atoms with van der Waals surface area (Å²) >= 11 is 5.10. The molecule has 0 fully saturated rings. The molecule has 0 aromatic carbocycles. The van der Waals surface area contributed by atoms with Gasteiger partial charge in [-0.2, -0.15) is 4.80 Å². The van der Waals surface area contributed by atoms with Gasteiger partial charge in [0.2, 0.25) is 0 Å². The Hall–Kier alpha value is -1.50. The second kappa shape index (κ2) is 3.33. The molecular formula is C7H10N6S. The van der Waals surface area contributed by atoms with Gasteiger partial charge in [0.15, 0.2) is 10.6 Å². The van der Waals surface area contributed by atoms with E-state index in [2.05, 4.69) is 20.4 Å². The van der Waals surface area contributed by atoms with Crippen molar-refractivity contribution < 1.29 is 0 Å². The summed E-state index contributed by atoms with van der Waals surface area (Å²) in [5.74, 6) is 0.655. The highest BCUT2D eigenvalue weighted by atomic mass is 32.1. The first-order chi connectivity index (χ1) is 6.65. The minimum atomic E-state index is 0.553. The Morgan fingerprint density at radius 2 is 2.36 bits per heavy atom. The Labute approximate surface area is 85.6 Å². The van der Waals surface area contributed by atoms with Gasteiger partial charge in [0.05, 0.1) is 13.6 Å². The van der Waals surface area contributed by atoms with Crippen molar-refractivity contribution in [3.63, 3.8) is 0 Å². The van der Waals surface area contributed by atoms with E-state index in [4.69, 9.17) is 12.2 Å². The average Bonchev–Trinajstić information content (AvgIpc) is 2.61. The third-order valence-corrected chi connectivity index (χ3v) is 2.11. The Morgan fingerprint density at radius 3 is 2.86 bits per heavy atom. The van der Waals surface area contributed by atoms with Crippen molar-refractivity contribution in [1.82, 2.24) is 29.8 Å². The zero-order valence-corrected chi connectivity index (χ0v) is 8.75. The van der Waals surface area contributed by atoms with Gasteiger partial charge in [0.1, 0.15) is 0 Å². The van der Waals surface area contributed by atoms with Crippen LogP contribution in [0.3, 0.4) is 0 Å². The predicted octanol–water partition coefficient (Wildman–Crippen LogP) is 0.426. The van der Waals surface area contributed by atoms with E-state index in [-0.39, 0.29) is 0 Å². The molecule has 2 rings (SSSR count). The molecule has 0 aliphatic heterocycles. The molecule has 2 aromatic rings. The summed E-state index contributed by atoms with van der Waals surface area (Å²) in [4.78, 5) is 4.46. The number of H-pyrrole nitrogens is 1. The monoisotopic (exact) mass is 210 g/mol. The van der Waals surface area contributed by atoms with Crippen LogP contribution in [0.2, 0.25) is 0 Å². The number of imidazole rings is 1. The van der Waals surface area contributed by atoms with E-state index in [1.807, 2.05) is 17.7 Å². The van der Waals surface area contributed by atoms with E-state index in [9.17, 15) is 0 Å². The molecule has 0 spiro atoms. The van der Waals surface area contributed by atoms with Crippen LogP contribution in [0.4, 0.5) is 0 Å². The fraction of sp³-hybridized carbons (Fsp3) is 0.429. The lowest BCUT2D eigenvalue weighted by Gasteiger charge is -1.94. The van der Waals surface area contributed by atoms with Crippen molar-refractivity contribution in [3.05, 3.63) is 22.5 Å². The maximum atomic E-state index is 5.10. The number of rotatable bonds is 2. The summed E-state index contributed by atoms with van der Waals surface area (Å²) < 4.78 is 2.55. The first-order valence-corrected chi connectivity index (χ1v) is 4.55. The summed E-state index contributed by atoms with van der Waals surface area (Å²) in [6.07, 6.45) is 1.93. The van der Waals surface area contributed by atoms with E-state index in [1.165, 1.54) is 4.80 Å². The molecule has 74 valence electrons. The van der Waals surface area contributed by atoms with Crippen LogP contribution < -0.4 is 0 Å². The van der Waals surface area contributed by atoms with Gasteiger partial charge in [-0.1, -0.05) is 0 Å². The van der Waals surface area contributed by atoms with Gasteiger partial charge in [-0.25, -0.2) is 0 Å². The summed E-state index contributed by atoms with van der Waals surface area (Å²) in [5.41, 5.74) is 1.03. The second-order valence-corrected chi connectivity index (χ2v) is 3.45. The molecule has 0 aliphatic rings. The lowest BCUT2D eigenvalue weighted by molar-refractivity contribution is 0.624. The van der Waals surface area contributed by atoms with E-state index >= 15 is 0 Å². The molecule has 14 heavy (non-hydrogen) atoms. The molecular weight excluding hydrogens is 200 g/mol. The number of tetrazole rings is 1. The first-order valence-electron chi connectivity index (χ1n) is 4.14. The fourth-order valence-corrected chi connectivity index (χ4v) is 1.50. The van der Waals surface area contributed by atoms with Crippen LogP contribution in [-0.2, 0) is 13.6 Å². The molecule has 0 saturated carbocycles. The summed E-state index contributed by atoms with van der Waals surface area (Å²) in [7, 11) is 1.73. The lowest BCUT2D eigenvalue weighted by Crippen LogP contribution is -2.01. The SMILES string of the molecule is Cc1cn(Cc2nnn(C)n2)c(=S)[nH]1. The fourth-order valence-electron chi connectivity index (χ4n) is 1.22. The Balaban J connectivity index is 2.26. The van der Waals surface area contributed by atoms with E-state index in [0.717, 1.165) is 5.69 Å². The lowest BCUT2D eigenvalue weighted by atomic mass is 10.5. The number of hydrogen-bond acceptors (Lipinski definition) is 4. The molecule has 0 unspecified atom stereocenters. The van der Waals surface area contributed by atoms with Crippen molar-refractivity contribution in [1.29, 1.82) is 0 Å². The largest absolute Gasteiger partial charge is 0.335 e. The standard InChI is InChI=1S/C7H10N6S/c1-5-3-13(7(14)8-5)4-6-9-11-12(2)10-6/h3H,4H2,1-2H3,(H,8,14). The minimum absolute atomic E-state index is 0.553. The number of aromatic amines is 1. The quantitative estimate of drug-likeness (QED) is 0.730. The average molecular weight is 210 g/mol. The molecule has 2 aromatic heterocycles. The topological polar surface area (TPSA) is 64.3 Å². The molecule has 7 heteroatoms. The van der Waals surface area contributed by atoms with Crippen LogP contribution in [0, 0.1) is 11.7 Å². The molecule has 0 amide bonds. The van der Waals surface area contributed by atoms with E-state index < -0.39 is 0 Å². The van der Waals surface area contributed by atoms with Crippen LogP contribution in [0.5, 0.6) is 0 Å². The Bertz CT molecular complexity index is 492. The zero-order chi connectivity index (χ0) is 10.1. The third kappa shape index (κ3) is 1.72. The number of aromatic nitrogens is 6. The summed E-state index contributed by atoms with van der Waals surface area (Å²) in [5, 5.41) is 11.7. The van der Waals surface area contributed by atoms with E-state index in [1.54, 1.807) is 7.05 Å². The van der Waals surface area contributed by atoms with Gasteiger partial charge in [-0.3, -0.25) is 0 Å². The Morgan fingerprint density at radius 1 is 1.57 bits per heavy atom. The molecule has 0 radical (unpaired) electrons. The number of aryl methyl sites for hydroxylation is 2. The van der Waals surface area contributed by atoms with Crippen molar-refractivity contribution in [2.24, 2.45) is 7.05 Å². The number of nitrogens with zero attached hydrogens (tertiary/aromatic N) is 5. The van der Waals surface area contributed by atoms with Crippen LogP contribution in [0.1, 0.15) is 11.5 Å². The van der Waals surface area contributed by atoms with Crippen molar-refractivity contribution in [3.8, 4) is 0 Å². The number of hydrogen-bond donors (Lipinski definition) is 1. The second-order valence-electron chi connectivity index (χ2n) is 3.07. The van der Waals surface area contributed by atoms with Gasteiger partial charge in [0.25, 0.3) is 0 Å². The third-order valence-electron chi connectivity index (χ3n) is 1.78. The number of nitrogens with one attached hydrogen (secondary N) is 1. The highest BCUT2D eigenvalue weighted by molar-refractivity contribution is 7.71. The van der Waals surface area contributed by atoms with Gasteiger partial charge in [-0.05, 0) is 24.4 Å². The highest BCUT2D eigenvalue weighted by Gasteiger charge is 2.02. The van der Waals surface area contributed by atoms with Crippen LogP contribution in [0.25, 0.3) is 0 Å². The minimum Gasteiger partial charge on any atom is -0.335 e. The maximum Gasteiger partial charge on any atom is 0.194 e. The molecule has 2 heterocycles. The smallest absolute Gasteiger partial charge is 0.194 e. The maximum absolute atomic E-state index is 5.10. The van der Waals surface area contributed by atoms with Crippen molar-refractivity contribution in [2.75, 3.05) is 0 Å². The van der Waals surface area contributed by atoms with Gasteiger partial charge in [0, 0.05) is 11.9 Å². The highest BCUT2D eigenvalue weighted by Crippen LogP contribution is 1.99. The first kappa shape index (κ1) is 9.07. The zero-order valence-electron chi connectivity index (χ0n) is 7.93. The predicted molar refractivity (Wildman–Crippen MR) is 52.3 cm³/mol. The molecule has 0 atom stereocenters. The van der Waals surface area contributed by atoms with Gasteiger partial charge >= 0.3 is 0 Å². The Kier molecular flexibility index (Phi) is 2.16. The summed E-state index contributed by atoms with van der Waals surface area (Å²) in [6, 6.07) is 0. The van der Waals surface area contributed by atoms with Gasteiger partial charge in [-0.15, -0.1) is 10.2 Å². The van der Waals surface area contributed by atoms with Crippen LogP contribution in [0.15, 0.2) is 6.20 Å². The molecule has 0 saturated heterocycles. The normalized spacial score (nSPS) is 10.7. The van der Waals surface area contributed by atoms with E-state index in [0.29, 0.717) is 17.1 Å².